The SMILES string of the molecule is C[C@]12CC/C(=N\O[C@@H]3CCNC3)CC1/C(=N/O)C[C@@H]1[C@@H]2CC[C@]2(C)C(=O)CC[C@@H]12. The van der Waals surface area contributed by atoms with E-state index in [9.17, 15) is 10.0 Å². The largest absolute Gasteiger partial charge is 0.411 e. The van der Waals surface area contributed by atoms with Gasteiger partial charge in [-0.05, 0) is 74.7 Å². The minimum Gasteiger partial charge on any atom is -0.411 e. The van der Waals surface area contributed by atoms with E-state index in [4.69, 9.17) is 4.84 Å². The smallest absolute Gasteiger partial charge is 0.141 e. The van der Waals surface area contributed by atoms with Crippen molar-refractivity contribution in [1.29, 1.82) is 0 Å². The van der Waals surface area contributed by atoms with Crippen molar-refractivity contribution in [2.45, 2.75) is 77.7 Å². The van der Waals surface area contributed by atoms with Crippen LogP contribution in [0.1, 0.15) is 71.6 Å². The molecule has 0 aromatic heterocycles. The molecule has 0 spiro atoms. The molecule has 0 radical (unpaired) electrons. The van der Waals surface area contributed by atoms with Gasteiger partial charge in [0.1, 0.15) is 11.9 Å². The molecule has 1 heterocycles. The van der Waals surface area contributed by atoms with E-state index >= 15 is 0 Å². The van der Waals surface area contributed by atoms with Crippen LogP contribution in [0.2, 0.25) is 0 Å². The Morgan fingerprint density at radius 2 is 1.97 bits per heavy atom. The first-order valence-corrected chi connectivity index (χ1v) is 11.6. The van der Waals surface area contributed by atoms with Crippen molar-refractivity contribution in [3.8, 4) is 0 Å². The molecule has 29 heavy (non-hydrogen) atoms. The first-order chi connectivity index (χ1) is 14.0. The number of Topliss-reactive ketones (excluding diaryl/α,β-unsaturated/α-hetero) is 1. The Bertz CT molecular complexity index is 744. The average Bonchev–Trinajstić information content (AvgIpc) is 3.34. The van der Waals surface area contributed by atoms with Crippen molar-refractivity contribution in [2.75, 3.05) is 13.1 Å². The van der Waals surface area contributed by atoms with Gasteiger partial charge in [-0.3, -0.25) is 4.79 Å². The van der Waals surface area contributed by atoms with Crippen LogP contribution in [-0.2, 0) is 9.63 Å². The molecule has 6 nitrogen and oxygen atoms in total. The molecule has 1 aliphatic heterocycles. The number of nitrogens with one attached hydrogen (secondary N) is 1. The van der Waals surface area contributed by atoms with Crippen molar-refractivity contribution in [1.82, 2.24) is 5.32 Å². The first-order valence-electron chi connectivity index (χ1n) is 11.6. The van der Waals surface area contributed by atoms with Gasteiger partial charge in [0.2, 0.25) is 0 Å². The zero-order valence-corrected chi connectivity index (χ0v) is 17.8. The highest BCUT2D eigenvalue weighted by molar-refractivity contribution is 5.96. The molecular formula is C23H35N3O3. The zero-order chi connectivity index (χ0) is 20.2. The lowest BCUT2D eigenvalue weighted by atomic mass is 9.45. The molecule has 0 bridgehead atoms. The van der Waals surface area contributed by atoms with Gasteiger partial charge in [-0.2, -0.15) is 0 Å². The predicted molar refractivity (Wildman–Crippen MR) is 111 cm³/mol. The number of hydrogen-bond donors (Lipinski definition) is 2. The van der Waals surface area contributed by atoms with Crippen LogP contribution >= 0.6 is 0 Å². The van der Waals surface area contributed by atoms with Crippen LogP contribution in [0.3, 0.4) is 0 Å². The molecule has 4 saturated carbocycles. The van der Waals surface area contributed by atoms with Gasteiger partial charge in [0.25, 0.3) is 0 Å². The van der Waals surface area contributed by atoms with Crippen LogP contribution in [0.5, 0.6) is 0 Å². The Morgan fingerprint density at radius 1 is 1.10 bits per heavy atom. The molecule has 7 atom stereocenters. The minimum absolute atomic E-state index is 0.130. The summed E-state index contributed by atoms with van der Waals surface area (Å²) in [7, 11) is 0. The van der Waals surface area contributed by atoms with E-state index in [-0.39, 0.29) is 22.9 Å². The zero-order valence-electron chi connectivity index (χ0n) is 17.8. The fourth-order valence-electron chi connectivity index (χ4n) is 7.71. The van der Waals surface area contributed by atoms with Crippen molar-refractivity contribution in [3.05, 3.63) is 0 Å². The molecule has 2 N–H and O–H groups in total. The number of hydrogen-bond acceptors (Lipinski definition) is 6. The number of carbonyl (C=O) groups excluding carboxylic acids is 1. The van der Waals surface area contributed by atoms with Gasteiger partial charge in [-0.15, -0.1) is 0 Å². The van der Waals surface area contributed by atoms with Crippen LogP contribution in [0.4, 0.5) is 0 Å². The summed E-state index contributed by atoms with van der Waals surface area (Å²) in [5.74, 6) is 2.26. The Hall–Kier alpha value is -1.43. The predicted octanol–water partition coefficient (Wildman–Crippen LogP) is 3.77. The molecule has 0 amide bonds. The van der Waals surface area contributed by atoms with Crippen molar-refractivity contribution >= 4 is 17.2 Å². The molecule has 0 aromatic carbocycles. The van der Waals surface area contributed by atoms with E-state index in [0.717, 1.165) is 82.3 Å². The van der Waals surface area contributed by atoms with Crippen molar-refractivity contribution in [3.63, 3.8) is 0 Å². The lowest BCUT2D eigenvalue weighted by molar-refractivity contribution is -0.133. The number of carbonyl (C=O) groups is 1. The standard InChI is InChI=1S/C23H35N3O3/c1-22-8-5-14(26-29-15-7-10-24-13-15)11-19(22)20(25-28)12-16-17-3-4-21(27)23(17,2)9-6-18(16)22/h15-19,24,28H,3-13H2,1-2H3/b25-20+,26-14+/t15-,16+,17+,18+,19?,22-,23+/m1/s1. The Morgan fingerprint density at radius 3 is 2.72 bits per heavy atom. The Balaban J connectivity index is 1.38. The molecule has 5 aliphatic rings. The lowest BCUT2D eigenvalue weighted by Gasteiger charge is -2.59. The number of nitrogens with zero attached hydrogens (tertiary/aromatic N) is 2. The highest BCUT2D eigenvalue weighted by Gasteiger charge is 2.61. The third-order valence-corrected chi connectivity index (χ3v) is 9.50. The monoisotopic (exact) mass is 401 g/mol. The number of oxime groups is 2. The molecule has 4 aliphatic carbocycles. The van der Waals surface area contributed by atoms with Gasteiger partial charge in [0, 0.05) is 30.7 Å². The van der Waals surface area contributed by atoms with Crippen LogP contribution in [0.25, 0.3) is 0 Å². The van der Waals surface area contributed by atoms with E-state index in [0.29, 0.717) is 23.5 Å². The van der Waals surface area contributed by atoms with E-state index in [1.165, 1.54) is 0 Å². The topological polar surface area (TPSA) is 83.3 Å². The molecule has 6 heteroatoms. The van der Waals surface area contributed by atoms with E-state index in [2.05, 4.69) is 29.5 Å². The number of ketones is 1. The van der Waals surface area contributed by atoms with Crippen LogP contribution in [0.15, 0.2) is 10.3 Å². The summed E-state index contributed by atoms with van der Waals surface area (Å²) < 4.78 is 0. The summed E-state index contributed by atoms with van der Waals surface area (Å²) >= 11 is 0. The second-order valence-electron chi connectivity index (χ2n) is 10.7. The Kier molecular flexibility index (Phi) is 4.76. The summed E-state index contributed by atoms with van der Waals surface area (Å²) in [4.78, 5) is 18.4. The second kappa shape index (κ2) is 7.07. The minimum atomic E-state index is -0.143. The molecule has 160 valence electrons. The molecule has 5 rings (SSSR count). The third kappa shape index (κ3) is 2.96. The summed E-state index contributed by atoms with van der Waals surface area (Å²) in [6.07, 6.45) is 8.85. The quantitative estimate of drug-likeness (QED) is 0.545. The Labute approximate surface area is 173 Å². The van der Waals surface area contributed by atoms with Gasteiger partial charge >= 0.3 is 0 Å². The van der Waals surface area contributed by atoms with E-state index in [1.54, 1.807) is 0 Å². The summed E-state index contributed by atoms with van der Waals surface area (Å²) in [5.41, 5.74) is 2.05. The van der Waals surface area contributed by atoms with Crippen LogP contribution in [0, 0.1) is 34.5 Å². The first kappa shape index (κ1) is 19.5. The maximum Gasteiger partial charge on any atom is 0.141 e. The maximum atomic E-state index is 12.6. The van der Waals surface area contributed by atoms with E-state index in [1.807, 2.05) is 0 Å². The maximum absolute atomic E-state index is 12.6. The van der Waals surface area contributed by atoms with Crippen LogP contribution in [-0.4, -0.2) is 41.6 Å². The lowest BCUT2D eigenvalue weighted by Crippen LogP contribution is -2.56. The highest BCUT2D eigenvalue weighted by Crippen LogP contribution is 2.64. The number of rotatable bonds is 2. The molecule has 1 unspecified atom stereocenters. The summed E-state index contributed by atoms with van der Waals surface area (Å²) in [5, 5.41) is 21.6. The summed E-state index contributed by atoms with van der Waals surface area (Å²) in [6.45, 7) is 6.50. The second-order valence-corrected chi connectivity index (χ2v) is 10.7. The fourth-order valence-corrected chi connectivity index (χ4v) is 7.71. The molecule has 1 saturated heterocycles. The molecular weight excluding hydrogens is 366 g/mol. The van der Waals surface area contributed by atoms with Gasteiger partial charge in [0.15, 0.2) is 0 Å². The summed E-state index contributed by atoms with van der Waals surface area (Å²) in [6, 6.07) is 0. The van der Waals surface area contributed by atoms with Crippen molar-refractivity contribution < 1.29 is 14.8 Å². The van der Waals surface area contributed by atoms with Gasteiger partial charge in [0.05, 0.1) is 11.4 Å². The average molecular weight is 402 g/mol. The highest BCUT2D eigenvalue weighted by atomic mass is 16.6. The molecule has 5 fully saturated rings. The van der Waals surface area contributed by atoms with Gasteiger partial charge in [-0.1, -0.05) is 24.2 Å². The van der Waals surface area contributed by atoms with E-state index < -0.39 is 0 Å². The number of fused-ring (bicyclic) bond motifs is 5. The van der Waals surface area contributed by atoms with Crippen LogP contribution < -0.4 is 5.32 Å². The fraction of sp³-hybridized carbons (Fsp3) is 0.870. The van der Waals surface area contributed by atoms with Gasteiger partial charge in [-0.25, -0.2) is 0 Å². The van der Waals surface area contributed by atoms with Crippen molar-refractivity contribution in [2.24, 2.45) is 44.8 Å². The molecule has 0 aromatic rings. The van der Waals surface area contributed by atoms with Gasteiger partial charge < -0.3 is 15.4 Å². The normalized spacial score (nSPS) is 49.7. The third-order valence-electron chi connectivity index (χ3n) is 9.50.